The highest BCUT2D eigenvalue weighted by Gasteiger charge is 2.26. The Morgan fingerprint density at radius 2 is 1.74 bits per heavy atom. The lowest BCUT2D eigenvalue weighted by molar-refractivity contribution is 0.486. The van der Waals surface area contributed by atoms with Gasteiger partial charge in [-0.15, -0.1) is 0 Å². The molecule has 1 aliphatic rings. The van der Waals surface area contributed by atoms with Crippen molar-refractivity contribution in [3.63, 3.8) is 0 Å². The van der Waals surface area contributed by atoms with E-state index in [-0.39, 0.29) is 6.04 Å². The molecule has 1 saturated heterocycles. The topological polar surface area (TPSA) is 53.9 Å². The molecule has 2 aromatic carbocycles. The Morgan fingerprint density at radius 1 is 0.903 bits per heavy atom. The second kappa shape index (κ2) is 8.84. The summed E-state index contributed by atoms with van der Waals surface area (Å²) in [5.41, 5.74) is 4.03. The number of hydrogen-bond acceptors (Lipinski definition) is 5. The monoisotopic (exact) mass is 427 g/mol. The minimum absolute atomic E-state index is 0.199. The maximum Gasteiger partial charge on any atom is 0.163 e. The van der Waals surface area contributed by atoms with Gasteiger partial charge in [-0.05, 0) is 29.8 Å². The molecule has 0 spiro atoms. The largest absolute Gasteiger partial charge is 0.347 e. The van der Waals surface area contributed by atoms with Gasteiger partial charge in [-0.25, -0.2) is 9.97 Å². The van der Waals surface area contributed by atoms with Crippen LogP contribution >= 0.6 is 11.6 Å². The molecular weight excluding hydrogens is 406 g/mol. The third-order valence-corrected chi connectivity index (χ3v) is 5.75. The van der Waals surface area contributed by atoms with Crippen LogP contribution in [0.5, 0.6) is 0 Å². The number of anilines is 1. The Hall–Kier alpha value is -3.28. The molecule has 31 heavy (non-hydrogen) atoms. The third kappa shape index (κ3) is 4.29. The predicted octanol–water partition coefficient (Wildman–Crippen LogP) is 5.01. The standard InChI is InChI=1S/C25H22ClN5/c26-21-10-8-18(9-11-21)22-15-24(30-25(29-22)20-7-4-12-27-16-20)31-14-13-28-17-23(31)19-5-2-1-3-6-19/h1-12,15-16,23,28H,13-14,17H2/t23-/m1/s1. The molecule has 0 radical (unpaired) electrons. The Kier molecular flexibility index (Phi) is 5.61. The Bertz CT molecular complexity index is 1150. The number of halogens is 1. The summed E-state index contributed by atoms with van der Waals surface area (Å²) in [6.45, 7) is 2.64. The van der Waals surface area contributed by atoms with Gasteiger partial charge in [-0.1, -0.05) is 54.1 Å². The van der Waals surface area contributed by atoms with Crippen LogP contribution in [-0.4, -0.2) is 34.6 Å². The molecule has 154 valence electrons. The van der Waals surface area contributed by atoms with Crippen LogP contribution in [0.4, 0.5) is 5.82 Å². The van der Waals surface area contributed by atoms with E-state index in [1.807, 2.05) is 42.5 Å². The lowest BCUT2D eigenvalue weighted by Crippen LogP contribution is -2.46. The first kappa shape index (κ1) is 19.7. The molecule has 0 bridgehead atoms. The molecule has 1 atom stereocenters. The summed E-state index contributed by atoms with van der Waals surface area (Å²) in [6, 6.07) is 24.5. The van der Waals surface area contributed by atoms with Gasteiger partial charge in [0.25, 0.3) is 0 Å². The zero-order chi connectivity index (χ0) is 21.0. The fraction of sp³-hybridized carbons (Fsp3) is 0.160. The van der Waals surface area contributed by atoms with E-state index in [1.54, 1.807) is 12.4 Å². The van der Waals surface area contributed by atoms with E-state index >= 15 is 0 Å². The number of aromatic nitrogens is 3. The highest BCUT2D eigenvalue weighted by Crippen LogP contribution is 2.32. The van der Waals surface area contributed by atoms with Crippen molar-refractivity contribution in [3.05, 3.63) is 95.8 Å². The smallest absolute Gasteiger partial charge is 0.163 e. The molecule has 5 rings (SSSR count). The van der Waals surface area contributed by atoms with Gasteiger partial charge >= 0.3 is 0 Å². The molecule has 4 aromatic rings. The number of benzene rings is 2. The molecule has 3 heterocycles. The summed E-state index contributed by atoms with van der Waals surface area (Å²) in [7, 11) is 0. The second-order valence-corrected chi connectivity index (χ2v) is 7.94. The molecule has 1 aliphatic heterocycles. The van der Waals surface area contributed by atoms with Gasteiger partial charge in [0, 0.05) is 54.2 Å². The number of piperazine rings is 1. The molecule has 0 aliphatic carbocycles. The molecule has 1 fully saturated rings. The highest BCUT2D eigenvalue weighted by molar-refractivity contribution is 6.30. The zero-order valence-electron chi connectivity index (χ0n) is 16.9. The van der Waals surface area contributed by atoms with Crippen molar-refractivity contribution < 1.29 is 0 Å². The van der Waals surface area contributed by atoms with Crippen molar-refractivity contribution in [1.82, 2.24) is 20.3 Å². The van der Waals surface area contributed by atoms with E-state index in [4.69, 9.17) is 21.6 Å². The van der Waals surface area contributed by atoms with Crippen molar-refractivity contribution in [3.8, 4) is 22.6 Å². The zero-order valence-corrected chi connectivity index (χ0v) is 17.7. The highest BCUT2D eigenvalue weighted by atomic mass is 35.5. The lowest BCUT2D eigenvalue weighted by atomic mass is 10.0. The fourth-order valence-corrected chi connectivity index (χ4v) is 4.05. The first-order valence-corrected chi connectivity index (χ1v) is 10.7. The normalized spacial score (nSPS) is 16.3. The first-order valence-electron chi connectivity index (χ1n) is 10.4. The molecule has 6 heteroatoms. The van der Waals surface area contributed by atoms with Crippen LogP contribution in [0.25, 0.3) is 22.6 Å². The van der Waals surface area contributed by atoms with E-state index in [2.05, 4.69) is 45.5 Å². The SMILES string of the molecule is Clc1ccc(-c2cc(N3CCNC[C@@H]3c3ccccc3)nc(-c3cccnc3)n2)cc1. The number of rotatable bonds is 4. The van der Waals surface area contributed by atoms with Crippen molar-refractivity contribution >= 4 is 17.4 Å². The quantitative estimate of drug-likeness (QED) is 0.496. The number of pyridine rings is 1. The van der Waals surface area contributed by atoms with Gasteiger partial charge in [-0.2, -0.15) is 0 Å². The summed E-state index contributed by atoms with van der Waals surface area (Å²) >= 11 is 6.11. The van der Waals surface area contributed by atoms with Crippen LogP contribution in [0.15, 0.2) is 85.2 Å². The van der Waals surface area contributed by atoms with Gasteiger partial charge in [0.2, 0.25) is 0 Å². The summed E-state index contributed by atoms with van der Waals surface area (Å²) in [5, 5.41) is 4.23. The van der Waals surface area contributed by atoms with Crippen LogP contribution in [0.1, 0.15) is 11.6 Å². The lowest BCUT2D eigenvalue weighted by Gasteiger charge is -2.37. The molecule has 0 amide bonds. The molecular formula is C25H22ClN5. The minimum Gasteiger partial charge on any atom is -0.347 e. The van der Waals surface area contributed by atoms with Crippen molar-refractivity contribution in [1.29, 1.82) is 0 Å². The van der Waals surface area contributed by atoms with Crippen LogP contribution in [-0.2, 0) is 0 Å². The van der Waals surface area contributed by atoms with Crippen molar-refractivity contribution in [2.45, 2.75) is 6.04 Å². The van der Waals surface area contributed by atoms with E-state index in [0.29, 0.717) is 10.8 Å². The third-order valence-electron chi connectivity index (χ3n) is 5.49. The summed E-state index contributed by atoms with van der Waals surface area (Å²) in [6.07, 6.45) is 3.56. The molecule has 5 nitrogen and oxygen atoms in total. The van der Waals surface area contributed by atoms with E-state index < -0.39 is 0 Å². The number of nitrogens with one attached hydrogen (secondary N) is 1. The fourth-order valence-electron chi connectivity index (χ4n) is 3.93. The Morgan fingerprint density at radius 3 is 2.52 bits per heavy atom. The maximum atomic E-state index is 6.11. The number of hydrogen-bond donors (Lipinski definition) is 1. The molecule has 0 saturated carbocycles. The average Bonchev–Trinajstić information content (AvgIpc) is 2.85. The average molecular weight is 428 g/mol. The molecule has 1 N–H and O–H groups in total. The van der Waals surface area contributed by atoms with E-state index in [1.165, 1.54) is 5.56 Å². The second-order valence-electron chi connectivity index (χ2n) is 7.51. The predicted molar refractivity (Wildman–Crippen MR) is 125 cm³/mol. The van der Waals surface area contributed by atoms with Crippen LogP contribution in [0.2, 0.25) is 5.02 Å². The van der Waals surface area contributed by atoms with Crippen LogP contribution in [0, 0.1) is 0 Å². The Labute approximate surface area is 186 Å². The van der Waals surface area contributed by atoms with Crippen molar-refractivity contribution in [2.75, 3.05) is 24.5 Å². The van der Waals surface area contributed by atoms with Crippen molar-refractivity contribution in [2.24, 2.45) is 0 Å². The summed E-state index contributed by atoms with van der Waals surface area (Å²) < 4.78 is 0. The van der Waals surface area contributed by atoms with Gasteiger partial charge in [0.15, 0.2) is 5.82 Å². The molecule has 0 unspecified atom stereocenters. The van der Waals surface area contributed by atoms with Gasteiger partial charge < -0.3 is 10.2 Å². The Balaban J connectivity index is 1.63. The summed E-state index contributed by atoms with van der Waals surface area (Å²) in [4.78, 5) is 16.5. The molecule has 2 aromatic heterocycles. The van der Waals surface area contributed by atoms with Crippen LogP contribution in [0.3, 0.4) is 0 Å². The maximum absolute atomic E-state index is 6.11. The van der Waals surface area contributed by atoms with E-state index in [9.17, 15) is 0 Å². The number of nitrogens with zero attached hydrogens (tertiary/aromatic N) is 4. The van der Waals surface area contributed by atoms with E-state index in [0.717, 1.165) is 42.3 Å². The minimum atomic E-state index is 0.199. The van der Waals surface area contributed by atoms with Gasteiger partial charge in [0.05, 0.1) is 11.7 Å². The van der Waals surface area contributed by atoms with Gasteiger partial charge in [0.1, 0.15) is 5.82 Å². The van der Waals surface area contributed by atoms with Crippen LogP contribution < -0.4 is 10.2 Å². The van der Waals surface area contributed by atoms with Gasteiger partial charge in [-0.3, -0.25) is 4.98 Å². The first-order chi connectivity index (χ1) is 15.3. The summed E-state index contributed by atoms with van der Waals surface area (Å²) in [5.74, 6) is 1.58.